The van der Waals surface area contributed by atoms with Crippen LogP contribution in [0.2, 0.25) is 0 Å². The molecule has 0 bridgehead atoms. The first kappa shape index (κ1) is 21.6. The largest absolute Gasteiger partial charge is 0.465 e. The van der Waals surface area contributed by atoms with Gasteiger partial charge in [0.2, 0.25) is 0 Å². The highest BCUT2D eigenvalue weighted by Gasteiger charge is 2.15. The molecule has 0 aliphatic rings. The van der Waals surface area contributed by atoms with Crippen LogP contribution in [0.1, 0.15) is 28.1 Å². The van der Waals surface area contributed by atoms with Gasteiger partial charge in [0.25, 0.3) is 11.8 Å². The molecule has 0 fully saturated rings. The minimum atomic E-state index is -0.545. The van der Waals surface area contributed by atoms with E-state index in [9.17, 15) is 14.4 Å². The molecule has 1 aromatic heterocycles. The number of amides is 2. The Morgan fingerprint density at radius 2 is 1.61 bits per heavy atom. The second-order valence-electron chi connectivity index (χ2n) is 6.55. The van der Waals surface area contributed by atoms with E-state index in [0.29, 0.717) is 11.3 Å². The SMILES string of the molecule is O=C(CCNC(=O)/C(=C\c1ccco1)NC(=O)c1ccccc1)OCc1ccccc1. The van der Waals surface area contributed by atoms with Crippen molar-refractivity contribution in [3.05, 3.63) is 102 Å². The molecule has 158 valence electrons. The van der Waals surface area contributed by atoms with Crippen LogP contribution >= 0.6 is 0 Å². The molecule has 31 heavy (non-hydrogen) atoms. The summed E-state index contributed by atoms with van der Waals surface area (Å²) < 4.78 is 10.4. The van der Waals surface area contributed by atoms with Crippen molar-refractivity contribution in [3.8, 4) is 0 Å². The van der Waals surface area contributed by atoms with Gasteiger partial charge in [0, 0.05) is 18.2 Å². The van der Waals surface area contributed by atoms with E-state index in [1.807, 2.05) is 30.3 Å². The molecule has 0 spiro atoms. The van der Waals surface area contributed by atoms with Crippen LogP contribution in [0.3, 0.4) is 0 Å². The van der Waals surface area contributed by atoms with Crippen molar-refractivity contribution >= 4 is 23.9 Å². The number of carbonyl (C=O) groups excluding carboxylic acids is 3. The van der Waals surface area contributed by atoms with Crippen LogP contribution in [0.5, 0.6) is 0 Å². The summed E-state index contributed by atoms with van der Waals surface area (Å²) in [4.78, 5) is 37.0. The number of ether oxygens (including phenoxy) is 1. The fourth-order valence-electron chi connectivity index (χ4n) is 2.64. The van der Waals surface area contributed by atoms with Crippen LogP contribution in [0, 0.1) is 0 Å². The van der Waals surface area contributed by atoms with Crippen LogP contribution in [0.4, 0.5) is 0 Å². The Hall–Kier alpha value is -4.13. The third-order valence-corrected chi connectivity index (χ3v) is 4.22. The maximum atomic E-state index is 12.6. The molecule has 2 N–H and O–H groups in total. The Bertz CT molecular complexity index is 1030. The molecule has 7 heteroatoms. The molecule has 7 nitrogen and oxygen atoms in total. The van der Waals surface area contributed by atoms with Crippen molar-refractivity contribution in [1.29, 1.82) is 0 Å². The average molecular weight is 418 g/mol. The molecule has 0 atom stereocenters. The molecule has 0 saturated carbocycles. The van der Waals surface area contributed by atoms with Gasteiger partial charge < -0.3 is 19.8 Å². The summed E-state index contributed by atoms with van der Waals surface area (Å²) in [5.41, 5.74) is 1.29. The summed E-state index contributed by atoms with van der Waals surface area (Å²) >= 11 is 0. The number of rotatable bonds is 9. The second-order valence-corrected chi connectivity index (χ2v) is 6.55. The zero-order valence-corrected chi connectivity index (χ0v) is 16.7. The number of furan rings is 1. The lowest BCUT2D eigenvalue weighted by Gasteiger charge is -2.11. The van der Waals surface area contributed by atoms with Crippen LogP contribution < -0.4 is 10.6 Å². The van der Waals surface area contributed by atoms with Gasteiger partial charge in [-0.3, -0.25) is 14.4 Å². The van der Waals surface area contributed by atoms with Gasteiger partial charge in [-0.05, 0) is 29.8 Å². The Balaban J connectivity index is 1.54. The summed E-state index contributed by atoms with van der Waals surface area (Å²) in [5, 5.41) is 5.21. The van der Waals surface area contributed by atoms with Crippen LogP contribution in [0.25, 0.3) is 6.08 Å². The van der Waals surface area contributed by atoms with Crippen LogP contribution in [-0.2, 0) is 20.9 Å². The molecule has 0 aliphatic carbocycles. The van der Waals surface area contributed by atoms with Gasteiger partial charge in [0.15, 0.2) is 0 Å². The zero-order chi connectivity index (χ0) is 21.9. The van der Waals surface area contributed by atoms with Gasteiger partial charge in [-0.15, -0.1) is 0 Å². The van der Waals surface area contributed by atoms with Crippen LogP contribution in [-0.4, -0.2) is 24.3 Å². The lowest BCUT2D eigenvalue weighted by atomic mass is 10.2. The quantitative estimate of drug-likeness (QED) is 0.410. The summed E-state index contributed by atoms with van der Waals surface area (Å²) in [7, 11) is 0. The van der Waals surface area contributed by atoms with Crippen molar-refractivity contribution in [3.63, 3.8) is 0 Å². The first-order chi connectivity index (χ1) is 15.1. The highest BCUT2D eigenvalue weighted by atomic mass is 16.5. The third-order valence-electron chi connectivity index (χ3n) is 4.22. The van der Waals surface area contributed by atoms with E-state index in [2.05, 4.69) is 10.6 Å². The molecular formula is C24H22N2O5. The van der Waals surface area contributed by atoms with Crippen LogP contribution in [0.15, 0.2) is 89.2 Å². The number of nitrogens with one attached hydrogen (secondary N) is 2. The van der Waals surface area contributed by atoms with Crippen molar-refractivity contribution < 1.29 is 23.5 Å². The van der Waals surface area contributed by atoms with Gasteiger partial charge in [-0.1, -0.05) is 48.5 Å². The van der Waals surface area contributed by atoms with E-state index >= 15 is 0 Å². The van der Waals surface area contributed by atoms with Crippen molar-refractivity contribution in [2.75, 3.05) is 6.54 Å². The molecule has 2 aromatic carbocycles. The van der Waals surface area contributed by atoms with Gasteiger partial charge in [-0.25, -0.2) is 0 Å². The zero-order valence-electron chi connectivity index (χ0n) is 16.7. The summed E-state index contributed by atoms with van der Waals surface area (Å²) in [5.74, 6) is -1.01. The van der Waals surface area contributed by atoms with E-state index in [0.717, 1.165) is 5.56 Å². The fraction of sp³-hybridized carbons (Fsp3) is 0.125. The number of esters is 1. The molecule has 3 aromatic rings. The van der Waals surface area contributed by atoms with Gasteiger partial charge in [0.05, 0.1) is 12.7 Å². The standard InChI is InChI=1S/C24H22N2O5/c27-22(31-17-18-8-3-1-4-9-18)13-14-25-24(29)21(16-20-12-7-15-30-20)26-23(28)19-10-5-2-6-11-19/h1-12,15-16H,13-14,17H2,(H,25,29)(H,26,28)/b21-16+. The lowest BCUT2D eigenvalue weighted by Crippen LogP contribution is -2.35. The normalized spacial score (nSPS) is 10.9. The number of hydrogen-bond acceptors (Lipinski definition) is 5. The fourth-order valence-corrected chi connectivity index (χ4v) is 2.64. The number of benzene rings is 2. The third kappa shape index (κ3) is 7.01. The molecule has 3 rings (SSSR count). The van der Waals surface area contributed by atoms with E-state index in [4.69, 9.17) is 9.15 Å². The number of carbonyl (C=O) groups is 3. The molecular weight excluding hydrogens is 396 g/mol. The monoisotopic (exact) mass is 418 g/mol. The Labute approximate surface area is 179 Å². The van der Waals surface area contributed by atoms with Gasteiger partial charge in [-0.2, -0.15) is 0 Å². The first-order valence-electron chi connectivity index (χ1n) is 9.71. The number of hydrogen-bond donors (Lipinski definition) is 2. The van der Waals surface area contributed by atoms with E-state index in [1.54, 1.807) is 42.5 Å². The predicted octanol–water partition coefficient (Wildman–Crippen LogP) is 3.30. The Morgan fingerprint density at radius 1 is 0.903 bits per heavy atom. The topological polar surface area (TPSA) is 97.6 Å². The Kier molecular flexibility index (Phi) is 7.77. The average Bonchev–Trinajstić information content (AvgIpc) is 3.31. The van der Waals surface area contributed by atoms with Gasteiger partial charge >= 0.3 is 5.97 Å². The molecule has 0 radical (unpaired) electrons. The summed E-state index contributed by atoms with van der Waals surface area (Å²) in [6.45, 7) is 0.230. The second kappa shape index (κ2) is 11.2. The lowest BCUT2D eigenvalue weighted by molar-refractivity contribution is -0.144. The highest BCUT2D eigenvalue weighted by Crippen LogP contribution is 2.08. The predicted molar refractivity (Wildman–Crippen MR) is 114 cm³/mol. The molecule has 0 saturated heterocycles. The smallest absolute Gasteiger partial charge is 0.307 e. The maximum absolute atomic E-state index is 12.6. The van der Waals surface area contributed by atoms with Crippen molar-refractivity contribution in [2.24, 2.45) is 0 Å². The van der Waals surface area contributed by atoms with Gasteiger partial charge in [0.1, 0.15) is 18.1 Å². The van der Waals surface area contributed by atoms with Crippen molar-refractivity contribution in [2.45, 2.75) is 13.0 Å². The summed E-state index contributed by atoms with van der Waals surface area (Å²) in [6, 6.07) is 21.2. The molecule has 0 unspecified atom stereocenters. The Morgan fingerprint density at radius 3 is 2.29 bits per heavy atom. The molecule has 1 heterocycles. The minimum absolute atomic E-state index is 0.000757. The van der Waals surface area contributed by atoms with E-state index in [-0.39, 0.29) is 25.3 Å². The van der Waals surface area contributed by atoms with Crippen molar-refractivity contribution in [1.82, 2.24) is 10.6 Å². The molecule has 2 amide bonds. The van der Waals surface area contributed by atoms with E-state index in [1.165, 1.54) is 12.3 Å². The summed E-state index contributed by atoms with van der Waals surface area (Å²) in [6.07, 6.45) is 2.88. The molecule has 0 aliphatic heterocycles. The first-order valence-corrected chi connectivity index (χ1v) is 9.71. The highest BCUT2D eigenvalue weighted by molar-refractivity contribution is 6.05. The maximum Gasteiger partial charge on any atom is 0.307 e. The minimum Gasteiger partial charge on any atom is -0.465 e. The van der Waals surface area contributed by atoms with E-state index < -0.39 is 17.8 Å².